The van der Waals surface area contributed by atoms with E-state index >= 15 is 0 Å². The molecule has 0 amide bonds. The van der Waals surface area contributed by atoms with Gasteiger partial charge in [-0.2, -0.15) is 0 Å². The number of carbonyl (C=O) groups is 1. The highest BCUT2D eigenvalue weighted by molar-refractivity contribution is 6.07. The van der Waals surface area contributed by atoms with E-state index in [1.165, 1.54) is 6.07 Å². The van der Waals surface area contributed by atoms with Crippen LogP contribution in [0.2, 0.25) is 0 Å². The number of hydrogen-bond acceptors (Lipinski definition) is 4. The van der Waals surface area contributed by atoms with E-state index in [1.807, 2.05) is 24.3 Å². The molecule has 7 nitrogen and oxygen atoms in total. The first-order valence-corrected chi connectivity index (χ1v) is 6.93. The van der Waals surface area contributed by atoms with Crippen molar-refractivity contribution in [1.82, 2.24) is 9.55 Å². The van der Waals surface area contributed by atoms with Crippen LogP contribution in [0.25, 0.3) is 10.9 Å². The molecule has 0 aliphatic carbocycles. The predicted molar refractivity (Wildman–Crippen MR) is 84.7 cm³/mol. The molecule has 2 heterocycles. The number of rotatable bonds is 4. The molecule has 116 valence electrons. The second-order valence-corrected chi connectivity index (χ2v) is 5.18. The molecular weight excluding hydrogens is 298 g/mol. The van der Waals surface area contributed by atoms with E-state index < -0.39 is 16.2 Å². The van der Waals surface area contributed by atoms with Gasteiger partial charge in [-0.3, -0.25) is 24.3 Å². The van der Waals surface area contributed by atoms with Crippen LogP contribution < -0.4 is 5.56 Å². The van der Waals surface area contributed by atoms with E-state index in [1.54, 1.807) is 13.1 Å². The molecular formula is C16H13N3O4. The van der Waals surface area contributed by atoms with Gasteiger partial charge in [0, 0.05) is 34.4 Å². The average Bonchev–Trinajstić information content (AvgIpc) is 2.95. The van der Waals surface area contributed by atoms with Gasteiger partial charge in [-0.25, -0.2) is 0 Å². The van der Waals surface area contributed by atoms with E-state index in [0.29, 0.717) is 11.3 Å². The topological polar surface area (TPSA) is 98.0 Å². The predicted octanol–water partition coefficient (Wildman–Crippen LogP) is 2.43. The highest BCUT2D eigenvalue weighted by Gasteiger charge is 2.19. The summed E-state index contributed by atoms with van der Waals surface area (Å²) in [5, 5.41) is 11.6. The number of fused-ring (bicyclic) bond motifs is 1. The van der Waals surface area contributed by atoms with Crippen LogP contribution in [0.4, 0.5) is 5.69 Å². The third-order valence-corrected chi connectivity index (χ3v) is 3.76. The smallest absolute Gasteiger partial charge is 0.334 e. The first-order valence-electron chi connectivity index (χ1n) is 6.93. The molecule has 0 aliphatic heterocycles. The van der Waals surface area contributed by atoms with Gasteiger partial charge in [-0.05, 0) is 19.1 Å². The molecule has 23 heavy (non-hydrogen) atoms. The summed E-state index contributed by atoms with van der Waals surface area (Å²) in [4.78, 5) is 37.8. The number of aryl methyl sites for hydroxylation is 1. The van der Waals surface area contributed by atoms with Crippen LogP contribution >= 0.6 is 0 Å². The summed E-state index contributed by atoms with van der Waals surface area (Å²) in [5.41, 5.74) is 0.455. The minimum absolute atomic E-state index is 0.242. The van der Waals surface area contributed by atoms with Crippen LogP contribution in [0.1, 0.15) is 16.1 Å². The molecule has 0 saturated heterocycles. The Bertz CT molecular complexity index is 984. The molecule has 0 radical (unpaired) electrons. The Kier molecular flexibility index (Phi) is 3.53. The quantitative estimate of drug-likeness (QED) is 0.454. The molecule has 2 aromatic heterocycles. The number of carbonyl (C=O) groups excluding carboxylic acids is 1. The largest absolute Gasteiger partial charge is 0.360 e. The molecule has 0 saturated carbocycles. The molecule has 0 bridgehead atoms. The highest BCUT2D eigenvalue weighted by Crippen LogP contribution is 2.19. The fourth-order valence-corrected chi connectivity index (χ4v) is 2.53. The SMILES string of the molecule is Cc1ccc([N+](=O)[O-])c(=O)n1CC(=O)c1c[nH]c2ccccc12. The minimum atomic E-state index is -0.775. The molecule has 0 atom stereocenters. The lowest BCUT2D eigenvalue weighted by Gasteiger charge is -2.08. The zero-order chi connectivity index (χ0) is 16.6. The molecule has 0 fully saturated rings. The second kappa shape index (κ2) is 5.53. The van der Waals surface area contributed by atoms with Crippen molar-refractivity contribution in [3.05, 3.63) is 74.3 Å². The van der Waals surface area contributed by atoms with Crippen LogP contribution in [0.5, 0.6) is 0 Å². The van der Waals surface area contributed by atoms with Gasteiger partial charge in [0.15, 0.2) is 5.78 Å². The van der Waals surface area contributed by atoms with Gasteiger partial charge in [-0.15, -0.1) is 0 Å². The van der Waals surface area contributed by atoms with Gasteiger partial charge in [0.05, 0.1) is 11.5 Å². The Labute approximate surface area is 130 Å². The van der Waals surface area contributed by atoms with Crippen molar-refractivity contribution in [3.8, 4) is 0 Å². The van der Waals surface area contributed by atoms with Crippen LogP contribution in [0.3, 0.4) is 0 Å². The fraction of sp³-hybridized carbons (Fsp3) is 0.125. The number of para-hydroxylation sites is 1. The fourth-order valence-electron chi connectivity index (χ4n) is 2.53. The van der Waals surface area contributed by atoms with Crippen molar-refractivity contribution in [2.24, 2.45) is 0 Å². The third-order valence-electron chi connectivity index (χ3n) is 3.76. The number of nitrogens with one attached hydrogen (secondary N) is 1. The monoisotopic (exact) mass is 311 g/mol. The standard InChI is InChI=1S/C16H13N3O4/c1-10-6-7-14(19(22)23)16(21)18(10)9-15(20)12-8-17-13-5-3-2-4-11(12)13/h2-8,17H,9H2,1H3. The third kappa shape index (κ3) is 2.52. The van der Waals surface area contributed by atoms with Crippen LogP contribution in [-0.2, 0) is 6.54 Å². The molecule has 0 spiro atoms. The van der Waals surface area contributed by atoms with Crippen molar-refractivity contribution in [3.63, 3.8) is 0 Å². The first kappa shape index (κ1) is 14.7. The van der Waals surface area contributed by atoms with E-state index in [2.05, 4.69) is 4.98 Å². The summed E-state index contributed by atoms with van der Waals surface area (Å²) in [6.45, 7) is 1.39. The Hall–Kier alpha value is -3.22. The van der Waals surface area contributed by atoms with E-state index in [4.69, 9.17) is 0 Å². The van der Waals surface area contributed by atoms with Gasteiger partial charge in [0.2, 0.25) is 0 Å². The lowest BCUT2D eigenvalue weighted by Crippen LogP contribution is -2.27. The Morgan fingerprint density at radius 3 is 2.74 bits per heavy atom. The maximum Gasteiger partial charge on any atom is 0.334 e. The molecule has 1 aromatic carbocycles. The molecule has 3 rings (SSSR count). The molecule has 0 aliphatic rings. The zero-order valence-corrected chi connectivity index (χ0v) is 12.3. The molecule has 3 aromatic rings. The Morgan fingerprint density at radius 2 is 2.00 bits per heavy atom. The maximum absolute atomic E-state index is 12.5. The van der Waals surface area contributed by atoms with E-state index in [9.17, 15) is 19.7 Å². The number of nitro groups is 1. The van der Waals surface area contributed by atoms with E-state index in [-0.39, 0.29) is 12.3 Å². The Morgan fingerprint density at radius 1 is 1.26 bits per heavy atom. The van der Waals surface area contributed by atoms with Crippen molar-refractivity contribution in [1.29, 1.82) is 0 Å². The van der Waals surface area contributed by atoms with Gasteiger partial charge in [-0.1, -0.05) is 18.2 Å². The molecule has 7 heteroatoms. The number of Topliss-reactive ketones (excluding diaryl/α,β-unsaturated/α-hetero) is 1. The first-order chi connectivity index (χ1) is 11.0. The number of pyridine rings is 1. The number of H-pyrrole nitrogens is 1. The summed E-state index contributed by atoms with van der Waals surface area (Å²) in [5.74, 6) is -0.284. The van der Waals surface area contributed by atoms with E-state index in [0.717, 1.165) is 21.5 Å². The highest BCUT2D eigenvalue weighted by atomic mass is 16.6. The average molecular weight is 311 g/mol. The number of hydrogen-bond donors (Lipinski definition) is 1. The second-order valence-electron chi connectivity index (χ2n) is 5.18. The number of nitrogens with zero attached hydrogens (tertiary/aromatic N) is 2. The van der Waals surface area contributed by atoms with Crippen LogP contribution in [0, 0.1) is 17.0 Å². The van der Waals surface area contributed by atoms with Gasteiger partial charge in [0.25, 0.3) is 0 Å². The summed E-state index contributed by atoms with van der Waals surface area (Å²) in [7, 11) is 0. The van der Waals surface area contributed by atoms with Gasteiger partial charge >= 0.3 is 11.2 Å². The number of ketones is 1. The summed E-state index contributed by atoms with van der Waals surface area (Å²) >= 11 is 0. The van der Waals surface area contributed by atoms with Crippen molar-refractivity contribution >= 4 is 22.4 Å². The van der Waals surface area contributed by atoms with Crippen LogP contribution in [0.15, 0.2) is 47.4 Å². The van der Waals surface area contributed by atoms with Crippen molar-refractivity contribution < 1.29 is 9.72 Å². The maximum atomic E-state index is 12.5. The number of aromatic nitrogens is 2. The molecule has 1 N–H and O–H groups in total. The van der Waals surface area contributed by atoms with Gasteiger partial charge in [0.1, 0.15) is 0 Å². The van der Waals surface area contributed by atoms with Crippen molar-refractivity contribution in [2.75, 3.05) is 0 Å². The Balaban J connectivity index is 2.02. The van der Waals surface area contributed by atoms with Gasteiger partial charge < -0.3 is 4.98 Å². The number of aromatic amines is 1. The minimum Gasteiger partial charge on any atom is -0.360 e. The summed E-state index contributed by atoms with van der Waals surface area (Å²) in [6.07, 6.45) is 1.59. The normalized spacial score (nSPS) is 10.8. The van der Waals surface area contributed by atoms with Crippen LogP contribution in [-0.4, -0.2) is 20.3 Å². The summed E-state index contributed by atoms with van der Waals surface area (Å²) < 4.78 is 1.13. The summed E-state index contributed by atoms with van der Waals surface area (Å²) in [6, 6.07) is 9.94. The zero-order valence-electron chi connectivity index (χ0n) is 12.3. The van der Waals surface area contributed by atoms with Crippen molar-refractivity contribution in [2.45, 2.75) is 13.5 Å². The lowest BCUT2D eigenvalue weighted by atomic mass is 10.1. The number of benzene rings is 1. The molecule has 0 unspecified atom stereocenters. The lowest BCUT2D eigenvalue weighted by molar-refractivity contribution is -0.386.